The third-order valence-corrected chi connectivity index (χ3v) is 4.52. The SMILES string of the molecule is CCOC(C)(C)CCCC(C)CCOc1c(C)cc([N+](=O)[O-])cc1[N+](=O)[O-]. The molecule has 8 nitrogen and oxygen atoms in total. The molecule has 0 saturated heterocycles. The molecule has 0 fully saturated rings. The second-order valence-corrected chi connectivity index (χ2v) is 7.45. The molecule has 0 heterocycles. The van der Waals surface area contributed by atoms with E-state index >= 15 is 0 Å². The van der Waals surface area contributed by atoms with Gasteiger partial charge in [0.15, 0.2) is 0 Å². The van der Waals surface area contributed by atoms with Gasteiger partial charge in [-0.05, 0) is 46.5 Å². The van der Waals surface area contributed by atoms with Gasteiger partial charge in [-0.25, -0.2) is 0 Å². The number of nitrogens with zero attached hydrogens (tertiary/aromatic N) is 2. The van der Waals surface area contributed by atoms with Gasteiger partial charge in [-0.2, -0.15) is 0 Å². The number of ether oxygens (including phenoxy) is 2. The van der Waals surface area contributed by atoms with Crippen molar-refractivity contribution in [3.63, 3.8) is 0 Å². The summed E-state index contributed by atoms with van der Waals surface area (Å²) in [6.07, 6.45) is 3.77. The number of nitro groups is 2. The van der Waals surface area contributed by atoms with E-state index in [1.807, 2.05) is 6.92 Å². The van der Waals surface area contributed by atoms with Crippen molar-refractivity contribution in [1.29, 1.82) is 0 Å². The average Bonchev–Trinajstić information content (AvgIpc) is 2.55. The average molecular weight is 382 g/mol. The maximum atomic E-state index is 11.2. The zero-order valence-electron chi connectivity index (χ0n) is 16.8. The van der Waals surface area contributed by atoms with Gasteiger partial charge in [0, 0.05) is 18.2 Å². The third-order valence-electron chi connectivity index (χ3n) is 4.52. The van der Waals surface area contributed by atoms with E-state index in [1.165, 1.54) is 6.07 Å². The van der Waals surface area contributed by atoms with E-state index in [1.54, 1.807) is 6.92 Å². The Kier molecular flexibility index (Phi) is 8.62. The Balaban J connectivity index is 2.58. The second kappa shape index (κ2) is 10.2. The summed E-state index contributed by atoms with van der Waals surface area (Å²) < 4.78 is 11.3. The van der Waals surface area contributed by atoms with Crippen molar-refractivity contribution in [3.05, 3.63) is 37.9 Å². The normalized spacial score (nSPS) is 12.6. The standard InChI is InChI=1S/C19H30N2O6/c1-6-27-19(4,5)10-7-8-14(2)9-11-26-18-15(3)12-16(20(22)23)13-17(18)21(24)25/h12-14H,6-11H2,1-5H3. The van der Waals surface area contributed by atoms with Crippen molar-refractivity contribution in [2.24, 2.45) is 5.92 Å². The Morgan fingerprint density at radius 1 is 1.15 bits per heavy atom. The predicted octanol–water partition coefficient (Wildman–Crippen LogP) is 5.20. The highest BCUT2D eigenvalue weighted by molar-refractivity contribution is 5.58. The van der Waals surface area contributed by atoms with E-state index in [4.69, 9.17) is 9.47 Å². The molecule has 1 atom stereocenters. The largest absolute Gasteiger partial charge is 0.487 e. The van der Waals surface area contributed by atoms with Crippen LogP contribution in [0.2, 0.25) is 0 Å². The fourth-order valence-corrected chi connectivity index (χ4v) is 3.01. The molecule has 1 unspecified atom stereocenters. The minimum absolute atomic E-state index is 0.107. The Hall–Kier alpha value is -2.22. The van der Waals surface area contributed by atoms with Gasteiger partial charge in [0.1, 0.15) is 0 Å². The first kappa shape index (κ1) is 22.8. The zero-order chi connectivity index (χ0) is 20.6. The van der Waals surface area contributed by atoms with E-state index in [-0.39, 0.29) is 22.7 Å². The monoisotopic (exact) mass is 382 g/mol. The molecule has 1 rings (SSSR count). The second-order valence-electron chi connectivity index (χ2n) is 7.45. The minimum Gasteiger partial charge on any atom is -0.487 e. The van der Waals surface area contributed by atoms with E-state index in [9.17, 15) is 20.2 Å². The highest BCUT2D eigenvalue weighted by atomic mass is 16.6. The summed E-state index contributed by atoms with van der Waals surface area (Å²) in [7, 11) is 0. The number of nitro benzene ring substituents is 2. The Labute approximate surface area is 160 Å². The Morgan fingerprint density at radius 2 is 1.81 bits per heavy atom. The molecule has 27 heavy (non-hydrogen) atoms. The Morgan fingerprint density at radius 3 is 2.37 bits per heavy atom. The maximum absolute atomic E-state index is 11.2. The smallest absolute Gasteiger partial charge is 0.318 e. The molecule has 1 aromatic rings. The summed E-state index contributed by atoms with van der Waals surface area (Å²) >= 11 is 0. The van der Waals surface area contributed by atoms with Crippen LogP contribution in [0.4, 0.5) is 11.4 Å². The fourth-order valence-electron chi connectivity index (χ4n) is 3.01. The topological polar surface area (TPSA) is 105 Å². The van der Waals surface area contributed by atoms with Crippen LogP contribution in [0.3, 0.4) is 0 Å². The molecule has 0 saturated carbocycles. The van der Waals surface area contributed by atoms with Crippen LogP contribution in [-0.2, 0) is 4.74 Å². The van der Waals surface area contributed by atoms with Crippen LogP contribution < -0.4 is 4.74 Å². The first-order valence-corrected chi connectivity index (χ1v) is 9.27. The molecule has 1 aromatic carbocycles. The number of hydrogen-bond acceptors (Lipinski definition) is 6. The molecule has 0 aliphatic rings. The quantitative estimate of drug-likeness (QED) is 0.363. The number of rotatable bonds is 12. The van der Waals surface area contributed by atoms with E-state index in [0.29, 0.717) is 24.7 Å². The summed E-state index contributed by atoms with van der Waals surface area (Å²) in [5.41, 5.74) is -0.409. The van der Waals surface area contributed by atoms with Gasteiger partial charge >= 0.3 is 5.69 Å². The Bertz CT molecular complexity index is 660. The molecule has 152 valence electrons. The maximum Gasteiger partial charge on any atom is 0.318 e. The predicted molar refractivity (Wildman–Crippen MR) is 103 cm³/mol. The van der Waals surface area contributed by atoms with E-state index in [0.717, 1.165) is 31.7 Å². The van der Waals surface area contributed by atoms with Crippen molar-refractivity contribution >= 4 is 11.4 Å². The molecule has 0 amide bonds. The third kappa shape index (κ3) is 7.50. The molecule has 0 aliphatic carbocycles. The van der Waals surface area contributed by atoms with Crippen molar-refractivity contribution in [2.75, 3.05) is 13.2 Å². The first-order chi connectivity index (χ1) is 12.6. The van der Waals surface area contributed by atoms with Gasteiger partial charge in [0.2, 0.25) is 5.75 Å². The lowest BCUT2D eigenvalue weighted by Gasteiger charge is -2.25. The molecule has 0 aromatic heterocycles. The molecule has 0 spiro atoms. The van der Waals surface area contributed by atoms with Gasteiger partial charge in [0.25, 0.3) is 5.69 Å². The summed E-state index contributed by atoms with van der Waals surface area (Å²) in [6, 6.07) is 2.24. The first-order valence-electron chi connectivity index (χ1n) is 9.27. The fraction of sp³-hybridized carbons (Fsp3) is 0.684. The van der Waals surface area contributed by atoms with Crippen LogP contribution in [-0.4, -0.2) is 28.7 Å². The van der Waals surface area contributed by atoms with Crippen LogP contribution in [0.5, 0.6) is 5.75 Å². The summed E-state index contributed by atoms with van der Waals surface area (Å²) in [6.45, 7) is 10.9. The molecule has 0 N–H and O–H groups in total. The summed E-state index contributed by atoms with van der Waals surface area (Å²) in [5.74, 6) is 0.509. The van der Waals surface area contributed by atoms with Gasteiger partial charge in [-0.3, -0.25) is 20.2 Å². The lowest BCUT2D eigenvalue weighted by Crippen LogP contribution is -2.24. The number of aryl methyl sites for hydroxylation is 1. The lowest BCUT2D eigenvalue weighted by atomic mass is 9.95. The van der Waals surface area contributed by atoms with Crippen molar-refractivity contribution in [2.45, 2.75) is 65.9 Å². The molecular weight excluding hydrogens is 352 g/mol. The van der Waals surface area contributed by atoms with Gasteiger partial charge in [-0.15, -0.1) is 0 Å². The zero-order valence-corrected chi connectivity index (χ0v) is 16.8. The molecule has 8 heteroatoms. The molecular formula is C19H30N2O6. The number of hydrogen-bond donors (Lipinski definition) is 0. The molecule has 0 radical (unpaired) electrons. The van der Waals surface area contributed by atoms with Crippen LogP contribution in [0.25, 0.3) is 0 Å². The number of benzene rings is 1. The van der Waals surface area contributed by atoms with Crippen LogP contribution in [0, 0.1) is 33.1 Å². The van der Waals surface area contributed by atoms with Crippen molar-refractivity contribution in [3.8, 4) is 5.75 Å². The summed E-state index contributed by atoms with van der Waals surface area (Å²) in [4.78, 5) is 20.8. The molecule has 0 aliphatic heterocycles. The van der Waals surface area contributed by atoms with Crippen LogP contribution >= 0.6 is 0 Å². The van der Waals surface area contributed by atoms with Crippen LogP contribution in [0.15, 0.2) is 12.1 Å². The van der Waals surface area contributed by atoms with Crippen molar-refractivity contribution in [1.82, 2.24) is 0 Å². The summed E-state index contributed by atoms with van der Waals surface area (Å²) in [5, 5.41) is 22.1. The lowest BCUT2D eigenvalue weighted by molar-refractivity contribution is -0.394. The highest BCUT2D eigenvalue weighted by Gasteiger charge is 2.24. The number of non-ortho nitro benzene ring substituents is 1. The van der Waals surface area contributed by atoms with Gasteiger partial charge in [-0.1, -0.05) is 19.8 Å². The van der Waals surface area contributed by atoms with Crippen molar-refractivity contribution < 1.29 is 19.3 Å². The van der Waals surface area contributed by atoms with Gasteiger partial charge < -0.3 is 9.47 Å². The van der Waals surface area contributed by atoms with E-state index < -0.39 is 9.85 Å². The van der Waals surface area contributed by atoms with Crippen LogP contribution in [0.1, 0.15) is 58.9 Å². The van der Waals surface area contributed by atoms with E-state index in [2.05, 4.69) is 20.8 Å². The van der Waals surface area contributed by atoms with Gasteiger partial charge in [0.05, 0.1) is 28.1 Å². The minimum atomic E-state index is -0.644. The molecule has 0 bridgehead atoms. The highest BCUT2D eigenvalue weighted by Crippen LogP contribution is 2.35.